The van der Waals surface area contributed by atoms with E-state index in [4.69, 9.17) is 4.74 Å². The molecule has 0 amide bonds. The van der Waals surface area contributed by atoms with E-state index in [0.29, 0.717) is 5.69 Å². The summed E-state index contributed by atoms with van der Waals surface area (Å²) in [4.78, 5) is 11.6. The van der Waals surface area contributed by atoms with Crippen LogP contribution in [-0.4, -0.2) is 26.6 Å². The predicted octanol–water partition coefficient (Wildman–Crippen LogP) is 1.92. The quantitative estimate of drug-likeness (QED) is 0.740. The molecule has 0 aliphatic rings. The second kappa shape index (κ2) is 4.47. The van der Waals surface area contributed by atoms with Gasteiger partial charge in [0, 0.05) is 6.20 Å². The zero-order valence-electron chi connectivity index (χ0n) is 11.4. The first-order valence-electron chi connectivity index (χ1n) is 5.71. The van der Waals surface area contributed by atoms with Crippen molar-refractivity contribution in [2.24, 2.45) is 0 Å². The zero-order valence-corrected chi connectivity index (χ0v) is 11.4. The largest absolute Gasteiger partial charge is 0.460 e. The lowest BCUT2D eigenvalue weighted by molar-refractivity contribution is -0.154. The molecule has 96 valence electrons. The number of hydrogen-bond acceptors (Lipinski definition) is 4. The molecule has 1 heterocycles. The summed E-state index contributed by atoms with van der Waals surface area (Å²) in [5.41, 5.74) is 0.0465. The van der Waals surface area contributed by atoms with Crippen LogP contribution in [0.5, 0.6) is 0 Å². The highest BCUT2D eigenvalue weighted by Gasteiger charge is 2.19. The molecule has 1 aromatic rings. The van der Waals surface area contributed by atoms with E-state index >= 15 is 0 Å². The van der Waals surface area contributed by atoms with Crippen molar-refractivity contribution in [1.29, 1.82) is 0 Å². The molecule has 0 spiro atoms. The van der Waals surface area contributed by atoms with Crippen LogP contribution in [0.1, 0.15) is 47.2 Å². The summed E-state index contributed by atoms with van der Waals surface area (Å²) in [6, 6.07) is 0. The van der Waals surface area contributed by atoms with E-state index in [-0.39, 0.29) is 17.9 Å². The minimum absolute atomic E-state index is 0.126. The molecule has 1 rings (SSSR count). The van der Waals surface area contributed by atoms with Gasteiger partial charge in [0.1, 0.15) is 5.60 Å². The normalized spacial score (nSPS) is 12.6. The number of hydrogen-bond donors (Lipinski definition) is 0. The van der Waals surface area contributed by atoms with Gasteiger partial charge >= 0.3 is 5.97 Å². The Balaban J connectivity index is 2.65. The van der Waals surface area contributed by atoms with Crippen LogP contribution in [0.4, 0.5) is 0 Å². The smallest absolute Gasteiger partial charge is 0.312 e. The van der Waals surface area contributed by atoms with Gasteiger partial charge in [-0.2, -0.15) is 0 Å². The van der Waals surface area contributed by atoms with Crippen LogP contribution in [0, 0.1) is 0 Å². The highest BCUT2D eigenvalue weighted by Crippen LogP contribution is 2.13. The fourth-order valence-electron chi connectivity index (χ4n) is 1.23. The first-order valence-corrected chi connectivity index (χ1v) is 5.71. The molecule has 0 aliphatic carbocycles. The molecule has 0 fully saturated rings. The summed E-state index contributed by atoms with van der Waals surface area (Å²) in [6.45, 7) is 11.6. The lowest BCUT2D eigenvalue weighted by Gasteiger charge is -2.19. The van der Waals surface area contributed by atoms with Crippen LogP contribution in [0.25, 0.3) is 0 Å². The van der Waals surface area contributed by atoms with Gasteiger partial charge in [0.15, 0.2) is 0 Å². The van der Waals surface area contributed by atoms with Gasteiger partial charge < -0.3 is 4.74 Å². The summed E-state index contributed by atoms with van der Waals surface area (Å²) in [5.74, 6) is -0.279. The molecule has 0 aliphatic heterocycles. The average molecular weight is 239 g/mol. The molecule has 0 saturated heterocycles. The lowest BCUT2D eigenvalue weighted by Crippen LogP contribution is -2.25. The summed E-state index contributed by atoms with van der Waals surface area (Å²) in [6.07, 6.45) is 1.94. The number of ether oxygens (including phenoxy) is 1. The number of esters is 1. The molecule has 0 radical (unpaired) electrons. The highest BCUT2D eigenvalue weighted by atomic mass is 16.6. The van der Waals surface area contributed by atoms with Gasteiger partial charge in [0.2, 0.25) is 0 Å². The molecule has 0 N–H and O–H groups in total. The average Bonchev–Trinajstić information content (AvgIpc) is 2.47. The van der Waals surface area contributed by atoms with E-state index in [1.807, 2.05) is 41.5 Å². The Morgan fingerprint density at radius 1 is 1.29 bits per heavy atom. The molecule has 0 bridgehead atoms. The number of nitrogens with zero attached hydrogens (tertiary/aromatic N) is 3. The Bertz CT molecular complexity index is 397. The van der Waals surface area contributed by atoms with E-state index in [1.165, 1.54) is 0 Å². The van der Waals surface area contributed by atoms with Crippen LogP contribution in [-0.2, 0) is 21.5 Å². The fourth-order valence-corrected chi connectivity index (χ4v) is 1.23. The van der Waals surface area contributed by atoms with E-state index in [2.05, 4.69) is 10.3 Å². The summed E-state index contributed by atoms with van der Waals surface area (Å²) >= 11 is 0. The third kappa shape index (κ3) is 4.54. The summed E-state index contributed by atoms with van der Waals surface area (Å²) < 4.78 is 6.96. The first kappa shape index (κ1) is 13.7. The minimum Gasteiger partial charge on any atom is -0.460 e. The number of aromatic nitrogens is 3. The Hall–Kier alpha value is -1.39. The third-order valence-electron chi connectivity index (χ3n) is 1.97. The third-order valence-corrected chi connectivity index (χ3v) is 1.97. The second-order valence-electron chi connectivity index (χ2n) is 6.09. The minimum atomic E-state index is -0.461. The maximum Gasteiger partial charge on any atom is 0.312 e. The molecule has 0 unspecified atom stereocenters. The number of rotatable bonds is 2. The lowest BCUT2D eigenvalue weighted by atomic mass is 10.1. The first-order chi connectivity index (χ1) is 7.58. The van der Waals surface area contributed by atoms with Gasteiger partial charge in [-0.25, -0.2) is 4.68 Å². The molecule has 1 aromatic heterocycles. The monoisotopic (exact) mass is 239 g/mol. The van der Waals surface area contributed by atoms with Crippen molar-refractivity contribution in [2.45, 2.75) is 59.1 Å². The van der Waals surface area contributed by atoms with Crippen molar-refractivity contribution in [2.75, 3.05) is 0 Å². The van der Waals surface area contributed by atoms with Gasteiger partial charge in [0.05, 0.1) is 17.7 Å². The molecule has 0 saturated carbocycles. The Labute approximate surface area is 102 Å². The SMILES string of the molecule is CC(C)(C)OC(=O)Cc1cn(C(C)(C)C)nn1. The molecule has 0 aromatic carbocycles. The Morgan fingerprint density at radius 2 is 1.88 bits per heavy atom. The van der Waals surface area contributed by atoms with Crippen molar-refractivity contribution in [1.82, 2.24) is 15.0 Å². The van der Waals surface area contributed by atoms with Crippen LogP contribution in [0.2, 0.25) is 0 Å². The van der Waals surface area contributed by atoms with Crippen molar-refractivity contribution >= 4 is 5.97 Å². The van der Waals surface area contributed by atoms with E-state index in [9.17, 15) is 4.79 Å². The van der Waals surface area contributed by atoms with Crippen molar-refractivity contribution in [3.05, 3.63) is 11.9 Å². The fraction of sp³-hybridized carbons (Fsp3) is 0.750. The van der Waals surface area contributed by atoms with Crippen LogP contribution in [0.15, 0.2) is 6.20 Å². The van der Waals surface area contributed by atoms with Crippen LogP contribution >= 0.6 is 0 Å². The van der Waals surface area contributed by atoms with Crippen LogP contribution in [0.3, 0.4) is 0 Å². The van der Waals surface area contributed by atoms with Gasteiger partial charge in [-0.1, -0.05) is 5.21 Å². The van der Waals surface area contributed by atoms with Crippen LogP contribution < -0.4 is 0 Å². The number of carbonyl (C=O) groups is 1. The molecule has 5 nitrogen and oxygen atoms in total. The molecule has 5 heteroatoms. The van der Waals surface area contributed by atoms with E-state index < -0.39 is 5.60 Å². The van der Waals surface area contributed by atoms with Gasteiger partial charge in [-0.15, -0.1) is 5.10 Å². The topological polar surface area (TPSA) is 57.0 Å². The zero-order chi connectivity index (χ0) is 13.3. The van der Waals surface area contributed by atoms with E-state index in [1.54, 1.807) is 10.9 Å². The predicted molar refractivity (Wildman–Crippen MR) is 64.6 cm³/mol. The molecular formula is C12H21N3O2. The maximum atomic E-state index is 11.6. The number of carbonyl (C=O) groups excluding carboxylic acids is 1. The van der Waals surface area contributed by atoms with Gasteiger partial charge in [0.25, 0.3) is 0 Å². The Kier molecular flexibility index (Phi) is 3.59. The van der Waals surface area contributed by atoms with Crippen molar-refractivity contribution in [3.63, 3.8) is 0 Å². The van der Waals surface area contributed by atoms with Gasteiger partial charge in [-0.05, 0) is 41.5 Å². The van der Waals surface area contributed by atoms with Crippen molar-refractivity contribution in [3.8, 4) is 0 Å². The van der Waals surface area contributed by atoms with E-state index in [0.717, 1.165) is 0 Å². The Morgan fingerprint density at radius 3 is 2.29 bits per heavy atom. The molecule has 17 heavy (non-hydrogen) atoms. The highest BCUT2D eigenvalue weighted by molar-refractivity contribution is 5.72. The van der Waals surface area contributed by atoms with Crippen molar-refractivity contribution < 1.29 is 9.53 Å². The molecular weight excluding hydrogens is 218 g/mol. The summed E-state index contributed by atoms with van der Waals surface area (Å²) in [7, 11) is 0. The second-order valence-corrected chi connectivity index (χ2v) is 6.09. The standard InChI is InChI=1S/C12H21N3O2/c1-11(2,3)15-8-9(13-14-15)7-10(16)17-12(4,5)6/h8H,7H2,1-6H3. The maximum absolute atomic E-state index is 11.6. The summed E-state index contributed by atoms with van der Waals surface area (Å²) in [5, 5.41) is 7.96. The van der Waals surface area contributed by atoms with Gasteiger partial charge in [-0.3, -0.25) is 4.79 Å². The molecule has 0 atom stereocenters.